The summed E-state index contributed by atoms with van der Waals surface area (Å²) in [4.78, 5) is 22.2. The molecule has 0 saturated carbocycles. The Bertz CT molecular complexity index is 804. The smallest absolute Gasteiger partial charge is 0.344 e. The van der Waals surface area contributed by atoms with Gasteiger partial charge in [-0.25, -0.2) is 4.79 Å². The number of ether oxygens (including phenoxy) is 4. The van der Waals surface area contributed by atoms with Crippen LogP contribution in [-0.4, -0.2) is 31.7 Å². The van der Waals surface area contributed by atoms with E-state index in [-0.39, 0.29) is 18.0 Å². The van der Waals surface area contributed by atoms with Crippen LogP contribution in [0.3, 0.4) is 0 Å². The number of esters is 1. The molecule has 0 aromatic heterocycles. The molecular formula is C18H19NO7. The summed E-state index contributed by atoms with van der Waals surface area (Å²) in [5.41, 5.74) is 1.41. The van der Waals surface area contributed by atoms with Crippen molar-refractivity contribution in [3.63, 3.8) is 0 Å². The number of para-hydroxylation sites is 2. The molecule has 2 aromatic carbocycles. The highest BCUT2D eigenvalue weighted by Crippen LogP contribution is 2.30. The van der Waals surface area contributed by atoms with E-state index in [1.165, 1.54) is 32.4 Å². The number of methoxy groups -OCH3 is 2. The first-order valence-electron chi connectivity index (χ1n) is 7.69. The molecule has 0 fully saturated rings. The van der Waals surface area contributed by atoms with Crippen molar-refractivity contribution in [2.75, 3.05) is 20.8 Å². The van der Waals surface area contributed by atoms with Gasteiger partial charge in [0, 0.05) is 6.07 Å². The van der Waals surface area contributed by atoms with Crippen LogP contribution >= 0.6 is 0 Å². The molecule has 0 unspecified atom stereocenters. The maximum Gasteiger partial charge on any atom is 0.344 e. The SMILES string of the molecule is COc1cc(C)c(COC(=O)COc2ccccc2[N+](=O)[O-])cc1OC. The molecule has 0 amide bonds. The summed E-state index contributed by atoms with van der Waals surface area (Å²) in [7, 11) is 3.06. The van der Waals surface area contributed by atoms with Crippen LogP contribution in [0.1, 0.15) is 11.1 Å². The van der Waals surface area contributed by atoms with E-state index in [2.05, 4.69) is 0 Å². The summed E-state index contributed by atoms with van der Waals surface area (Å²) in [6, 6.07) is 9.33. The summed E-state index contributed by atoms with van der Waals surface area (Å²) in [5.74, 6) is 0.481. The van der Waals surface area contributed by atoms with E-state index >= 15 is 0 Å². The maximum absolute atomic E-state index is 11.9. The molecule has 0 aliphatic heterocycles. The molecule has 26 heavy (non-hydrogen) atoms. The molecule has 0 saturated heterocycles. The first-order valence-corrected chi connectivity index (χ1v) is 7.69. The van der Waals surface area contributed by atoms with Gasteiger partial charge in [0.2, 0.25) is 0 Å². The molecule has 0 bridgehead atoms. The van der Waals surface area contributed by atoms with Crippen LogP contribution in [0.2, 0.25) is 0 Å². The Balaban J connectivity index is 1.97. The van der Waals surface area contributed by atoms with Crippen LogP contribution in [0, 0.1) is 17.0 Å². The molecule has 138 valence electrons. The van der Waals surface area contributed by atoms with Gasteiger partial charge in [0.05, 0.1) is 19.1 Å². The summed E-state index contributed by atoms with van der Waals surface area (Å²) in [6.45, 7) is 1.44. The van der Waals surface area contributed by atoms with Crippen LogP contribution in [0.25, 0.3) is 0 Å². The number of benzene rings is 2. The highest BCUT2D eigenvalue weighted by Gasteiger charge is 2.16. The van der Waals surface area contributed by atoms with Crippen LogP contribution in [-0.2, 0) is 16.1 Å². The van der Waals surface area contributed by atoms with Gasteiger partial charge in [0.25, 0.3) is 0 Å². The number of nitro benzene ring substituents is 1. The van der Waals surface area contributed by atoms with Crippen molar-refractivity contribution in [3.8, 4) is 17.2 Å². The Labute approximate surface area is 150 Å². The highest BCUT2D eigenvalue weighted by molar-refractivity contribution is 5.71. The fourth-order valence-electron chi connectivity index (χ4n) is 2.24. The first kappa shape index (κ1) is 19.0. The molecule has 8 nitrogen and oxygen atoms in total. The van der Waals surface area contributed by atoms with Gasteiger partial charge in [0.15, 0.2) is 23.9 Å². The third-order valence-electron chi connectivity index (χ3n) is 3.64. The van der Waals surface area contributed by atoms with Crippen molar-refractivity contribution in [1.29, 1.82) is 0 Å². The van der Waals surface area contributed by atoms with Crippen LogP contribution in [0.5, 0.6) is 17.2 Å². The van der Waals surface area contributed by atoms with Crippen molar-refractivity contribution in [3.05, 3.63) is 57.6 Å². The first-order chi connectivity index (χ1) is 12.5. The predicted octanol–water partition coefficient (Wildman–Crippen LogP) is 3.04. The zero-order valence-corrected chi connectivity index (χ0v) is 14.7. The quantitative estimate of drug-likeness (QED) is 0.405. The van der Waals surface area contributed by atoms with Gasteiger partial charge < -0.3 is 18.9 Å². The average Bonchev–Trinajstić information content (AvgIpc) is 2.65. The van der Waals surface area contributed by atoms with Gasteiger partial charge in [-0.1, -0.05) is 12.1 Å². The van der Waals surface area contributed by atoms with Gasteiger partial charge in [0.1, 0.15) is 6.61 Å². The Morgan fingerprint density at radius 3 is 2.38 bits per heavy atom. The molecule has 0 N–H and O–H groups in total. The highest BCUT2D eigenvalue weighted by atomic mass is 16.6. The van der Waals surface area contributed by atoms with Crippen molar-refractivity contribution in [2.24, 2.45) is 0 Å². The summed E-state index contributed by atoms with van der Waals surface area (Å²) >= 11 is 0. The van der Waals surface area contributed by atoms with E-state index in [9.17, 15) is 14.9 Å². The number of aryl methyl sites for hydroxylation is 1. The molecule has 0 spiro atoms. The van der Waals surface area contributed by atoms with Crippen molar-refractivity contribution in [1.82, 2.24) is 0 Å². The molecule has 2 rings (SSSR count). The fourth-order valence-corrected chi connectivity index (χ4v) is 2.24. The summed E-state index contributed by atoms with van der Waals surface area (Å²) in [6.07, 6.45) is 0. The van der Waals surface area contributed by atoms with Crippen molar-refractivity contribution in [2.45, 2.75) is 13.5 Å². The third-order valence-corrected chi connectivity index (χ3v) is 3.64. The van der Waals surface area contributed by atoms with Gasteiger partial charge >= 0.3 is 11.7 Å². The van der Waals surface area contributed by atoms with E-state index in [1.807, 2.05) is 6.92 Å². The third kappa shape index (κ3) is 4.62. The normalized spacial score (nSPS) is 10.1. The van der Waals surface area contributed by atoms with E-state index in [0.29, 0.717) is 11.5 Å². The molecule has 0 heterocycles. The number of nitro groups is 1. The van der Waals surface area contributed by atoms with E-state index in [4.69, 9.17) is 18.9 Å². The number of rotatable bonds is 8. The lowest BCUT2D eigenvalue weighted by atomic mass is 10.1. The fraction of sp³-hybridized carbons (Fsp3) is 0.278. The summed E-state index contributed by atoms with van der Waals surface area (Å²) in [5, 5.41) is 10.9. The van der Waals surface area contributed by atoms with Gasteiger partial charge in [-0.3, -0.25) is 10.1 Å². The standard InChI is InChI=1S/C18H19NO7/c1-12-8-16(23-2)17(24-3)9-13(12)10-26-18(20)11-25-15-7-5-4-6-14(15)19(21)22/h4-9H,10-11H2,1-3H3. The van der Waals surface area contributed by atoms with Crippen molar-refractivity contribution < 1.29 is 28.7 Å². The lowest BCUT2D eigenvalue weighted by Gasteiger charge is -2.13. The molecule has 0 aliphatic carbocycles. The minimum atomic E-state index is -0.641. The zero-order valence-electron chi connectivity index (χ0n) is 14.7. The molecular weight excluding hydrogens is 342 g/mol. The lowest BCUT2D eigenvalue weighted by Crippen LogP contribution is -2.15. The Kier molecular flexibility index (Phi) is 6.37. The largest absolute Gasteiger partial charge is 0.493 e. The second kappa shape index (κ2) is 8.70. The number of nitrogens with zero attached hydrogens (tertiary/aromatic N) is 1. The molecule has 0 radical (unpaired) electrons. The minimum absolute atomic E-state index is 0.0109. The molecule has 0 aliphatic rings. The topological polar surface area (TPSA) is 97.1 Å². The number of hydrogen-bond acceptors (Lipinski definition) is 7. The summed E-state index contributed by atoms with van der Waals surface area (Å²) < 4.78 is 20.8. The maximum atomic E-state index is 11.9. The monoisotopic (exact) mass is 361 g/mol. The second-order valence-corrected chi connectivity index (χ2v) is 5.31. The van der Waals surface area contributed by atoms with Gasteiger partial charge in [-0.05, 0) is 36.2 Å². The molecule has 2 aromatic rings. The molecule has 0 atom stereocenters. The van der Waals surface area contributed by atoms with Crippen LogP contribution < -0.4 is 14.2 Å². The van der Waals surface area contributed by atoms with Crippen LogP contribution in [0.4, 0.5) is 5.69 Å². The average molecular weight is 361 g/mol. The van der Waals surface area contributed by atoms with Gasteiger partial charge in [-0.15, -0.1) is 0 Å². The Morgan fingerprint density at radius 2 is 1.73 bits per heavy atom. The van der Waals surface area contributed by atoms with E-state index in [0.717, 1.165) is 11.1 Å². The number of carbonyl (C=O) groups is 1. The predicted molar refractivity (Wildman–Crippen MR) is 92.7 cm³/mol. The second-order valence-electron chi connectivity index (χ2n) is 5.31. The molecule has 8 heteroatoms. The Morgan fingerprint density at radius 1 is 1.08 bits per heavy atom. The van der Waals surface area contributed by atoms with E-state index < -0.39 is 17.5 Å². The number of hydrogen-bond donors (Lipinski definition) is 0. The minimum Gasteiger partial charge on any atom is -0.493 e. The zero-order chi connectivity index (χ0) is 19.1. The number of carbonyl (C=O) groups excluding carboxylic acids is 1. The Hall–Kier alpha value is -3.29. The lowest BCUT2D eigenvalue weighted by molar-refractivity contribution is -0.385. The van der Waals surface area contributed by atoms with Crippen molar-refractivity contribution >= 4 is 11.7 Å². The van der Waals surface area contributed by atoms with Crippen LogP contribution in [0.15, 0.2) is 36.4 Å². The van der Waals surface area contributed by atoms with E-state index in [1.54, 1.807) is 18.2 Å². The van der Waals surface area contributed by atoms with Gasteiger partial charge in [-0.2, -0.15) is 0 Å².